The maximum atomic E-state index is 12.0. The van der Waals surface area contributed by atoms with Gasteiger partial charge in [-0.25, -0.2) is 4.79 Å². The minimum absolute atomic E-state index is 0.107. The topological polar surface area (TPSA) is 93.4 Å². The van der Waals surface area contributed by atoms with E-state index in [1.165, 1.54) is 12.1 Å². The Balaban J connectivity index is 2.32. The predicted molar refractivity (Wildman–Crippen MR) is 81.5 cm³/mol. The molecule has 1 aromatic rings. The molecule has 1 unspecified atom stereocenters. The van der Waals surface area contributed by atoms with Gasteiger partial charge in [-0.3, -0.25) is 4.79 Å². The second kappa shape index (κ2) is 6.67. The van der Waals surface area contributed by atoms with Gasteiger partial charge in [0.05, 0.1) is 22.9 Å². The van der Waals surface area contributed by atoms with Gasteiger partial charge in [0.15, 0.2) is 0 Å². The molecule has 0 spiro atoms. The lowest BCUT2D eigenvalue weighted by Gasteiger charge is -2.25. The van der Waals surface area contributed by atoms with E-state index in [1.807, 2.05) is 0 Å². The third-order valence-electron chi connectivity index (χ3n) is 3.21. The van der Waals surface area contributed by atoms with Crippen LogP contribution in [0.15, 0.2) is 12.1 Å². The molecule has 6 nitrogen and oxygen atoms in total. The minimum atomic E-state index is -0.523. The molecule has 1 heterocycles. The zero-order valence-electron chi connectivity index (χ0n) is 11.7. The fourth-order valence-corrected chi connectivity index (χ4v) is 2.51. The molecule has 1 fully saturated rings. The quantitative estimate of drug-likeness (QED) is 0.582. The smallest absolute Gasteiger partial charge is 0.340 e. The van der Waals surface area contributed by atoms with Gasteiger partial charge in [0.1, 0.15) is 6.04 Å². The van der Waals surface area contributed by atoms with Gasteiger partial charge in [-0.15, -0.1) is 0 Å². The van der Waals surface area contributed by atoms with E-state index < -0.39 is 12.0 Å². The van der Waals surface area contributed by atoms with Gasteiger partial charge in [0, 0.05) is 12.2 Å². The van der Waals surface area contributed by atoms with Crippen molar-refractivity contribution in [2.45, 2.75) is 25.8 Å². The number of hydrogen-bond donors (Lipinski definition) is 3. The average Bonchev–Trinajstić information content (AvgIpc) is 2.43. The molecular formula is C14H18ClN3O3. The molecule has 1 atom stereocenters. The molecule has 0 aliphatic carbocycles. The van der Waals surface area contributed by atoms with Gasteiger partial charge in [-0.2, -0.15) is 0 Å². The van der Waals surface area contributed by atoms with Crippen molar-refractivity contribution in [3.63, 3.8) is 0 Å². The lowest BCUT2D eigenvalue weighted by Crippen LogP contribution is -2.44. The van der Waals surface area contributed by atoms with Crippen molar-refractivity contribution in [1.82, 2.24) is 5.32 Å². The Morgan fingerprint density at radius 2 is 2.33 bits per heavy atom. The number of anilines is 2. The fourth-order valence-electron chi connectivity index (χ4n) is 2.23. The molecule has 0 aromatic heterocycles. The Kier molecular flexibility index (Phi) is 4.90. The number of esters is 1. The summed E-state index contributed by atoms with van der Waals surface area (Å²) in [4.78, 5) is 23.8. The summed E-state index contributed by atoms with van der Waals surface area (Å²) >= 11 is 6.16. The molecule has 2 rings (SSSR count). The van der Waals surface area contributed by atoms with Gasteiger partial charge in [0.25, 0.3) is 0 Å². The van der Waals surface area contributed by atoms with Crippen LogP contribution < -0.4 is 16.4 Å². The van der Waals surface area contributed by atoms with E-state index in [0.717, 1.165) is 6.42 Å². The predicted octanol–water partition coefficient (Wildman–Crippen LogP) is 1.79. The first-order chi connectivity index (χ1) is 10.0. The number of nitrogen functional groups attached to an aromatic ring is 1. The summed E-state index contributed by atoms with van der Waals surface area (Å²) in [6.45, 7) is 2.62. The van der Waals surface area contributed by atoms with Crippen LogP contribution in [0.3, 0.4) is 0 Å². The number of rotatable bonds is 4. The zero-order valence-corrected chi connectivity index (χ0v) is 12.5. The van der Waals surface area contributed by atoms with Crippen LogP contribution in [0.1, 0.15) is 30.1 Å². The SMILES string of the molecule is CCOC(=O)c1cc(N)cc(Cl)c1NC1CCCNC1=O. The van der Waals surface area contributed by atoms with E-state index in [9.17, 15) is 9.59 Å². The lowest BCUT2D eigenvalue weighted by molar-refractivity contribution is -0.123. The van der Waals surface area contributed by atoms with Crippen LogP contribution in [0.25, 0.3) is 0 Å². The molecule has 1 aromatic carbocycles. The number of benzene rings is 1. The summed E-state index contributed by atoms with van der Waals surface area (Å²) < 4.78 is 5.00. The summed E-state index contributed by atoms with van der Waals surface area (Å²) in [6, 6.07) is 2.60. The number of nitrogens with one attached hydrogen (secondary N) is 2. The van der Waals surface area contributed by atoms with Crippen molar-refractivity contribution in [2.24, 2.45) is 0 Å². The van der Waals surface area contributed by atoms with Gasteiger partial charge < -0.3 is 21.1 Å². The standard InChI is InChI=1S/C14H18ClN3O3/c1-2-21-14(20)9-6-8(16)7-10(15)12(9)18-11-4-3-5-17-13(11)19/h6-7,11,18H,2-5,16H2,1H3,(H,17,19). The van der Waals surface area contributed by atoms with E-state index in [2.05, 4.69) is 10.6 Å². The van der Waals surface area contributed by atoms with Crippen molar-refractivity contribution in [1.29, 1.82) is 0 Å². The van der Waals surface area contributed by atoms with Crippen LogP contribution >= 0.6 is 11.6 Å². The van der Waals surface area contributed by atoms with Gasteiger partial charge >= 0.3 is 5.97 Å². The largest absolute Gasteiger partial charge is 0.462 e. The molecule has 0 saturated carbocycles. The third kappa shape index (κ3) is 3.58. The molecule has 0 radical (unpaired) electrons. The average molecular weight is 312 g/mol. The van der Waals surface area contributed by atoms with Gasteiger partial charge in [0.2, 0.25) is 5.91 Å². The Morgan fingerprint density at radius 1 is 1.57 bits per heavy atom. The van der Waals surface area contributed by atoms with Crippen LogP contribution in [-0.4, -0.2) is 31.1 Å². The number of carbonyl (C=O) groups excluding carboxylic acids is 2. The Bertz CT molecular complexity index is 563. The van der Waals surface area contributed by atoms with Crippen LogP contribution in [0.5, 0.6) is 0 Å². The lowest BCUT2D eigenvalue weighted by atomic mass is 10.0. The van der Waals surface area contributed by atoms with E-state index in [4.69, 9.17) is 22.1 Å². The van der Waals surface area contributed by atoms with Gasteiger partial charge in [-0.05, 0) is 31.9 Å². The maximum Gasteiger partial charge on any atom is 0.340 e. The van der Waals surface area contributed by atoms with Crippen molar-refractivity contribution in [3.05, 3.63) is 22.7 Å². The summed E-state index contributed by atoms with van der Waals surface area (Å²) in [5.74, 6) is -0.630. The van der Waals surface area contributed by atoms with Crippen molar-refractivity contribution in [3.8, 4) is 0 Å². The number of piperidine rings is 1. The second-order valence-electron chi connectivity index (χ2n) is 4.78. The van der Waals surface area contributed by atoms with Crippen LogP contribution in [-0.2, 0) is 9.53 Å². The molecule has 1 amide bonds. The minimum Gasteiger partial charge on any atom is -0.462 e. The van der Waals surface area contributed by atoms with Crippen molar-refractivity contribution >= 4 is 34.9 Å². The van der Waals surface area contributed by atoms with Crippen LogP contribution in [0, 0.1) is 0 Å². The van der Waals surface area contributed by atoms with E-state index in [1.54, 1.807) is 6.92 Å². The molecule has 1 saturated heterocycles. The molecule has 1 aliphatic rings. The normalized spacial score (nSPS) is 18.0. The summed E-state index contributed by atoms with van der Waals surface area (Å²) in [5.41, 5.74) is 6.70. The molecule has 4 N–H and O–H groups in total. The maximum absolute atomic E-state index is 12.0. The number of ether oxygens (including phenoxy) is 1. The third-order valence-corrected chi connectivity index (χ3v) is 3.51. The van der Waals surface area contributed by atoms with Gasteiger partial charge in [-0.1, -0.05) is 11.6 Å². The first-order valence-electron chi connectivity index (χ1n) is 6.83. The molecule has 21 heavy (non-hydrogen) atoms. The molecule has 114 valence electrons. The molecular weight excluding hydrogens is 294 g/mol. The number of nitrogens with two attached hydrogens (primary N) is 1. The first-order valence-corrected chi connectivity index (χ1v) is 7.21. The zero-order chi connectivity index (χ0) is 15.4. The van der Waals surface area contributed by atoms with Crippen molar-refractivity contribution < 1.29 is 14.3 Å². The fraction of sp³-hybridized carbons (Fsp3) is 0.429. The highest BCUT2D eigenvalue weighted by Gasteiger charge is 2.25. The molecule has 0 bridgehead atoms. The monoisotopic (exact) mass is 311 g/mol. The highest BCUT2D eigenvalue weighted by molar-refractivity contribution is 6.34. The Labute approximate surface area is 128 Å². The van der Waals surface area contributed by atoms with Crippen LogP contribution in [0.2, 0.25) is 5.02 Å². The number of carbonyl (C=O) groups is 2. The summed E-state index contributed by atoms with van der Waals surface area (Å²) in [6.07, 6.45) is 1.54. The highest BCUT2D eigenvalue weighted by atomic mass is 35.5. The summed E-state index contributed by atoms with van der Waals surface area (Å²) in [7, 11) is 0. The first kappa shape index (κ1) is 15.4. The summed E-state index contributed by atoms with van der Waals surface area (Å²) in [5, 5.41) is 6.09. The molecule has 1 aliphatic heterocycles. The molecule has 7 heteroatoms. The Morgan fingerprint density at radius 3 is 3.00 bits per heavy atom. The van der Waals surface area contributed by atoms with Crippen molar-refractivity contribution in [2.75, 3.05) is 24.2 Å². The van der Waals surface area contributed by atoms with E-state index in [-0.39, 0.29) is 23.1 Å². The second-order valence-corrected chi connectivity index (χ2v) is 5.18. The van der Waals surface area contributed by atoms with E-state index >= 15 is 0 Å². The number of halogens is 1. The van der Waals surface area contributed by atoms with E-state index in [0.29, 0.717) is 24.3 Å². The highest BCUT2D eigenvalue weighted by Crippen LogP contribution is 2.31. The number of hydrogen-bond acceptors (Lipinski definition) is 5. The van der Waals surface area contributed by atoms with Crippen LogP contribution in [0.4, 0.5) is 11.4 Å². The Hall–Kier alpha value is -1.95. The number of amides is 1.